The number of carbonyl (C=O) groups is 1. The maximum Gasteiger partial charge on any atom is 0.291 e. The Morgan fingerprint density at radius 2 is 2.00 bits per heavy atom. The summed E-state index contributed by atoms with van der Waals surface area (Å²) in [5, 5.41) is 10.7. The lowest BCUT2D eigenvalue weighted by atomic mass is 10.1. The molecular formula is C17H15ClN4O. The largest absolute Gasteiger partial charge is 0.291 e. The maximum atomic E-state index is 12.2. The maximum absolute atomic E-state index is 12.2. The van der Waals surface area contributed by atoms with Gasteiger partial charge in [-0.25, -0.2) is 5.43 Å². The van der Waals surface area contributed by atoms with Gasteiger partial charge in [0.15, 0.2) is 0 Å². The standard InChI is InChI=1S/C17H15ClN4O/c1-11-15(18)16(22(2)21-11)17(23)20-19-10-13-8-5-7-12-6-3-4-9-14(12)13/h3-10H,1-2H3,(H,20,23)/b19-10-. The molecule has 116 valence electrons. The molecule has 0 aliphatic carbocycles. The van der Waals surface area contributed by atoms with Gasteiger partial charge in [-0.3, -0.25) is 9.48 Å². The molecule has 1 heterocycles. The van der Waals surface area contributed by atoms with Gasteiger partial charge >= 0.3 is 0 Å². The summed E-state index contributed by atoms with van der Waals surface area (Å²) in [4.78, 5) is 12.2. The molecule has 1 amide bonds. The third-order valence-electron chi connectivity index (χ3n) is 3.56. The summed E-state index contributed by atoms with van der Waals surface area (Å²) in [6.45, 7) is 1.75. The minimum Gasteiger partial charge on any atom is -0.266 e. The Morgan fingerprint density at radius 3 is 2.74 bits per heavy atom. The van der Waals surface area contributed by atoms with Crippen LogP contribution in [0.2, 0.25) is 5.02 Å². The Balaban J connectivity index is 1.82. The first-order chi connectivity index (χ1) is 11.1. The molecule has 0 aliphatic heterocycles. The fraction of sp³-hybridized carbons (Fsp3) is 0.118. The molecule has 0 atom stereocenters. The minimum absolute atomic E-state index is 0.291. The molecule has 0 unspecified atom stereocenters. The van der Waals surface area contributed by atoms with Crippen LogP contribution in [-0.4, -0.2) is 21.9 Å². The first kappa shape index (κ1) is 15.2. The molecule has 0 aliphatic rings. The SMILES string of the molecule is Cc1nn(C)c(C(=O)N/N=C\c2cccc3ccccc23)c1Cl. The first-order valence-electron chi connectivity index (χ1n) is 7.08. The zero-order chi connectivity index (χ0) is 16.4. The van der Waals surface area contributed by atoms with Gasteiger partial charge in [-0.2, -0.15) is 10.2 Å². The zero-order valence-corrected chi connectivity index (χ0v) is 13.5. The highest BCUT2D eigenvalue weighted by Crippen LogP contribution is 2.19. The topological polar surface area (TPSA) is 59.3 Å². The van der Waals surface area contributed by atoms with Gasteiger partial charge in [0.05, 0.1) is 16.9 Å². The molecule has 0 fully saturated rings. The summed E-state index contributed by atoms with van der Waals surface area (Å²) >= 11 is 6.09. The molecule has 3 aromatic rings. The Hall–Kier alpha value is -2.66. The number of benzene rings is 2. The van der Waals surface area contributed by atoms with Crippen LogP contribution in [0.3, 0.4) is 0 Å². The van der Waals surface area contributed by atoms with Crippen LogP contribution in [0.5, 0.6) is 0 Å². The third kappa shape index (κ3) is 2.96. The fourth-order valence-electron chi connectivity index (χ4n) is 2.46. The highest BCUT2D eigenvalue weighted by molar-refractivity contribution is 6.34. The van der Waals surface area contributed by atoms with E-state index >= 15 is 0 Å². The molecule has 5 nitrogen and oxygen atoms in total. The molecule has 6 heteroatoms. The van der Waals surface area contributed by atoms with Gasteiger partial charge < -0.3 is 0 Å². The lowest BCUT2D eigenvalue weighted by Gasteiger charge is -2.03. The summed E-state index contributed by atoms with van der Waals surface area (Å²) < 4.78 is 1.44. The molecule has 0 spiro atoms. The number of fused-ring (bicyclic) bond motifs is 1. The van der Waals surface area contributed by atoms with Crippen molar-refractivity contribution in [3.63, 3.8) is 0 Å². The third-order valence-corrected chi connectivity index (χ3v) is 4.01. The van der Waals surface area contributed by atoms with Crippen molar-refractivity contribution in [2.45, 2.75) is 6.92 Å². The average Bonchev–Trinajstić information content (AvgIpc) is 2.80. The predicted octanol–water partition coefficient (Wildman–Crippen LogP) is 3.30. The van der Waals surface area contributed by atoms with Gasteiger partial charge in [-0.05, 0) is 17.7 Å². The van der Waals surface area contributed by atoms with Crippen molar-refractivity contribution in [2.75, 3.05) is 0 Å². The number of nitrogens with one attached hydrogen (secondary N) is 1. The number of amides is 1. The number of carbonyl (C=O) groups excluding carboxylic acids is 1. The minimum atomic E-state index is -0.394. The van der Waals surface area contributed by atoms with E-state index in [-0.39, 0.29) is 0 Å². The Labute approximate surface area is 138 Å². The van der Waals surface area contributed by atoms with E-state index in [1.165, 1.54) is 4.68 Å². The van der Waals surface area contributed by atoms with Crippen LogP contribution < -0.4 is 5.43 Å². The number of aromatic nitrogens is 2. The second-order valence-corrected chi connectivity index (χ2v) is 5.52. The lowest BCUT2D eigenvalue weighted by molar-refractivity contribution is 0.0946. The summed E-state index contributed by atoms with van der Waals surface area (Å²) in [5.74, 6) is -0.394. The van der Waals surface area contributed by atoms with Crippen molar-refractivity contribution >= 4 is 34.5 Å². The smallest absolute Gasteiger partial charge is 0.266 e. The quantitative estimate of drug-likeness (QED) is 0.593. The van der Waals surface area contributed by atoms with Crippen LogP contribution in [0.25, 0.3) is 10.8 Å². The molecular weight excluding hydrogens is 312 g/mol. The number of nitrogens with zero attached hydrogens (tertiary/aromatic N) is 3. The summed E-state index contributed by atoms with van der Waals surface area (Å²) in [5.41, 5.74) is 4.32. The monoisotopic (exact) mass is 326 g/mol. The Kier molecular flexibility index (Phi) is 4.12. The normalized spacial score (nSPS) is 11.3. The summed E-state index contributed by atoms with van der Waals surface area (Å²) in [7, 11) is 1.67. The van der Waals surface area contributed by atoms with Crippen molar-refractivity contribution in [1.82, 2.24) is 15.2 Å². The molecule has 0 saturated carbocycles. The number of hydrogen-bond donors (Lipinski definition) is 1. The van der Waals surface area contributed by atoms with Gasteiger partial charge in [0.2, 0.25) is 0 Å². The molecule has 0 bridgehead atoms. The number of halogens is 1. The molecule has 2 aromatic carbocycles. The van der Waals surface area contributed by atoms with Gasteiger partial charge in [0.1, 0.15) is 5.69 Å². The van der Waals surface area contributed by atoms with Crippen LogP contribution in [0, 0.1) is 6.92 Å². The Morgan fingerprint density at radius 1 is 1.26 bits per heavy atom. The van der Waals surface area contributed by atoms with E-state index in [2.05, 4.69) is 15.6 Å². The second-order valence-electron chi connectivity index (χ2n) is 5.14. The van der Waals surface area contributed by atoms with E-state index in [1.54, 1.807) is 20.2 Å². The number of aryl methyl sites for hydroxylation is 2. The highest BCUT2D eigenvalue weighted by Gasteiger charge is 2.17. The lowest BCUT2D eigenvalue weighted by Crippen LogP contribution is -2.21. The molecule has 0 saturated heterocycles. The molecule has 23 heavy (non-hydrogen) atoms. The number of rotatable bonds is 3. The van der Waals surface area contributed by atoms with Gasteiger partial charge in [0.25, 0.3) is 5.91 Å². The average molecular weight is 327 g/mol. The van der Waals surface area contributed by atoms with Crippen molar-refractivity contribution in [2.24, 2.45) is 12.1 Å². The van der Waals surface area contributed by atoms with E-state index < -0.39 is 5.91 Å². The Bertz CT molecular complexity index is 909. The number of hydrogen-bond acceptors (Lipinski definition) is 3. The second kappa shape index (κ2) is 6.22. The van der Waals surface area contributed by atoms with Crippen LogP contribution in [-0.2, 0) is 7.05 Å². The van der Waals surface area contributed by atoms with Gasteiger partial charge in [-0.15, -0.1) is 0 Å². The van der Waals surface area contributed by atoms with Gasteiger partial charge in [0, 0.05) is 12.6 Å². The van der Waals surface area contributed by atoms with Crippen molar-refractivity contribution in [3.05, 3.63) is 64.4 Å². The van der Waals surface area contributed by atoms with Crippen molar-refractivity contribution < 1.29 is 4.79 Å². The van der Waals surface area contributed by atoms with Crippen LogP contribution >= 0.6 is 11.6 Å². The molecule has 0 radical (unpaired) electrons. The van der Waals surface area contributed by atoms with Crippen LogP contribution in [0.1, 0.15) is 21.7 Å². The zero-order valence-electron chi connectivity index (χ0n) is 12.7. The van der Waals surface area contributed by atoms with Gasteiger partial charge in [-0.1, -0.05) is 54.1 Å². The van der Waals surface area contributed by atoms with Crippen molar-refractivity contribution in [1.29, 1.82) is 0 Å². The van der Waals surface area contributed by atoms with E-state index in [0.29, 0.717) is 16.4 Å². The van der Waals surface area contributed by atoms with E-state index in [4.69, 9.17) is 11.6 Å². The number of hydrazone groups is 1. The van der Waals surface area contributed by atoms with Crippen molar-refractivity contribution in [3.8, 4) is 0 Å². The van der Waals surface area contributed by atoms with E-state index in [0.717, 1.165) is 16.3 Å². The van der Waals surface area contributed by atoms with E-state index in [9.17, 15) is 4.79 Å². The molecule has 1 aromatic heterocycles. The first-order valence-corrected chi connectivity index (χ1v) is 7.46. The van der Waals surface area contributed by atoms with Crippen LogP contribution in [0.15, 0.2) is 47.6 Å². The predicted molar refractivity (Wildman–Crippen MR) is 92.0 cm³/mol. The summed E-state index contributed by atoms with van der Waals surface area (Å²) in [6, 6.07) is 13.9. The van der Waals surface area contributed by atoms with Crippen LogP contribution in [0.4, 0.5) is 0 Å². The molecule has 3 rings (SSSR count). The fourth-order valence-corrected chi connectivity index (χ4v) is 2.70. The highest BCUT2D eigenvalue weighted by atomic mass is 35.5. The van der Waals surface area contributed by atoms with E-state index in [1.807, 2.05) is 42.5 Å². The summed E-state index contributed by atoms with van der Waals surface area (Å²) in [6.07, 6.45) is 1.62. The molecule has 1 N–H and O–H groups in total.